The first-order valence-corrected chi connectivity index (χ1v) is 8.48. The molecule has 0 amide bonds. The lowest BCUT2D eigenvalue weighted by Gasteiger charge is -2.12. The van der Waals surface area contributed by atoms with E-state index in [2.05, 4.69) is 36.2 Å². The molecule has 4 rings (SSSR count). The van der Waals surface area contributed by atoms with Crippen LogP contribution in [-0.2, 0) is 0 Å². The molecule has 0 aliphatic carbocycles. The summed E-state index contributed by atoms with van der Waals surface area (Å²) in [6.45, 7) is 0. The fourth-order valence-electron chi connectivity index (χ4n) is 2.61. The number of rotatable bonds is 3. The highest BCUT2D eigenvalue weighted by Gasteiger charge is 2.10. The first kappa shape index (κ1) is 15.5. The number of anilines is 3. The van der Waals surface area contributed by atoms with Crippen LogP contribution in [0.4, 0.5) is 17.5 Å². The van der Waals surface area contributed by atoms with Crippen molar-refractivity contribution in [3.63, 3.8) is 0 Å². The molecule has 0 radical (unpaired) electrons. The number of pyridine rings is 1. The van der Waals surface area contributed by atoms with Crippen LogP contribution in [0.15, 0.2) is 71.5 Å². The Labute approximate surface area is 153 Å². The number of hydrogen-bond donors (Lipinski definition) is 2. The van der Waals surface area contributed by atoms with Crippen LogP contribution >= 0.6 is 15.9 Å². The molecule has 0 saturated carbocycles. The molecular weight excluding hydrogens is 378 g/mol. The molecule has 0 spiro atoms. The summed E-state index contributed by atoms with van der Waals surface area (Å²) in [5, 5.41) is 4.37. The lowest BCUT2D eigenvalue weighted by Crippen LogP contribution is -2.02. The number of para-hydroxylation sites is 1. The molecule has 2 aromatic carbocycles. The van der Waals surface area contributed by atoms with E-state index in [9.17, 15) is 0 Å². The molecule has 6 heteroatoms. The second-order valence-corrected chi connectivity index (χ2v) is 6.45. The van der Waals surface area contributed by atoms with Crippen molar-refractivity contribution in [2.24, 2.45) is 0 Å². The summed E-state index contributed by atoms with van der Waals surface area (Å²) in [6.07, 6.45) is 3.51. The molecule has 2 heterocycles. The van der Waals surface area contributed by atoms with Crippen molar-refractivity contribution in [3.05, 3.63) is 71.5 Å². The molecule has 5 nitrogen and oxygen atoms in total. The Balaban J connectivity index is 1.75. The number of benzene rings is 2. The standard InChI is InChI=1S/C19H14BrN5/c20-14-7-5-12(6-8-14)16-11-23-19(21)25-18(16)24-15-9-13-3-1-2-4-17(13)22-10-15/h1-11H,(H3,21,23,24,25). The third kappa shape index (κ3) is 3.29. The van der Waals surface area contributed by atoms with Crippen LogP contribution in [0.2, 0.25) is 0 Å². The number of fused-ring (bicyclic) bond motifs is 1. The first-order chi connectivity index (χ1) is 12.2. The van der Waals surface area contributed by atoms with Crippen molar-refractivity contribution in [3.8, 4) is 11.1 Å². The number of hydrogen-bond acceptors (Lipinski definition) is 5. The van der Waals surface area contributed by atoms with Crippen molar-refractivity contribution >= 4 is 44.3 Å². The van der Waals surface area contributed by atoms with Crippen LogP contribution in [0.25, 0.3) is 22.0 Å². The Morgan fingerprint density at radius 1 is 0.920 bits per heavy atom. The van der Waals surface area contributed by atoms with Crippen molar-refractivity contribution in [2.75, 3.05) is 11.1 Å². The topological polar surface area (TPSA) is 76.7 Å². The Morgan fingerprint density at radius 3 is 2.56 bits per heavy atom. The molecule has 3 N–H and O–H groups in total. The molecule has 0 saturated heterocycles. The molecule has 25 heavy (non-hydrogen) atoms. The number of halogens is 1. The highest BCUT2D eigenvalue weighted by atomic mass is 79.9. The van der Waals surface area contributed by atoms with Crippen LogP contribution in [0, 0.1) is 0 Å². The summed E-state index contributed by atoms with van der Waals surface area (Å²) in [5.74, 6) is 0.865. The fourth-order valence-corrected chi connectivity index (χ4v) is 2.87. The van der Waals surface area contributed by atoms with Gasteiger partial charge in [0.25, 0.3) is 0 Å². The van der Waals surface area contributed by atoms with Crippen molar-refractivity contribution in [1.82, 2.24) is 15.0 Å². The molecule has 4 aromatic rings. The Morgan fingerprint density at radius 2 is 1.72 bits per heavy atom. The first-order valence-electron chi connectivity index (χ1n) is 7.69. The summed E-state index contributed by atoms with van der Waals surface area (Å²) in [5.41, 5.74) is 9.45. The van der Waals surface area contributed by atoms with Gasteiger partial charge in [-0.15, -0.1) is 0 Å². The monoisotopic (exact) mass is 391 g/mol. The summed E-state index contributed by atoms with van der Waals surface area (Å²) in [7, 11) is 0. The van der Waals surface area contributed by atoms with E-state index >= 15 is 0 Å². The molecule has 122 valence electrons. The summed E-state index contributed by atoms with van der Waals surface area (Å²) in [6, 6.07) is 18.0. The zero-order valence-electron chi connectivity index (χ0n) is 13.1. The van der Waals surface area contributed by atoms with Crippen LogP contribution in [0.1, 0.15) is 0 Å². The summed E-state index contributed by atoms with van der Waals surface area (Å²) >= 11 is 3.45. The van der Waals surface area contributed by atoms with Gasteiger partial charge in [-0.1, -0.05) is 46.3 Å². The molecular formula is C19H14BrN5. The zero-order chi connectivity index (χ0) is 17.2. The summed E-state index contributed by atoms with van der Waals surface area (Å²) < 4.78 is 1.01. The maximum absolute atomic E-state index is 5.79. The minimum atomic E-state index is 0.220. The van der Waals surface area contributed by atoms with Gasteiger partial charge < -0.3 is 11.1 Å². The lowest BCUT2D eigenvalue weighted by molar-refractivity contribution is 1.18. The van der Waals surface area contributed by atoms with Gasteiger partial charge in [-0.2, -0.15) is 4.98 Å². The Hall–Kier alpha value is -2.99. The van der Waals surface area contributed by atoms with Gasteiger partial charge in [-0.3, -0.25) is 4.98 Å². The second-order valence-electron chi connectivity index (χ2n) is 5.54. The third-order valence-electron chi connectivity index (χ3n) is 3.82. The van der Waals surface area contributed by atoms with Crippen molar-refractivity contribution in [1.29, 1.82) is 0 Å². The number of nitrogens with zero attached hydrogens (tertiary/aromatic N) is 3. The van der Waals surface area contributed by atoms with Gasteiger partial charge in [-0.25, -0.2) is 4.98 Å². The number of nitrogens with two attached hydrogens (primary N) is 1. The highest BCUT2D eigenvalue weighted by molar-refractivity contribution is 9.10. The van der Waals surface area contributed by atoms with E-state index in [1.807, 2.05) is 54.6 Å². The van der Waals surface area contributed by atoms with Crippen LogP contribution in [0.3, 0.4) is 0 Å². The van der Waals surface area contributed by atoms with Gasteiger partial charge in [0.15, 0.2) is 0 Å². The van der Waals surface area contributed by atoms with Gasteiger partial charge in [0, 0.05) is 21.6 Å². The average molecular weight is 392 g/mol. The lowest BCUT2D eigenvalue weighted by atomic mass is 10.1. The molecule has 2 aromatic heterocycles. The van der Waals surface area contributed by atoms with Gasteiger partial charge >= 0.3 is 0 Å². The predicted molar refractivity (Wildman–Crippen MR) is 105 cm³/mol. The second kappa shape index (κ2) is 6.49. The molecule has 0 bridgehead atoms. The third-order valence-corrected chi connectivity index (χ3v) is 4.34. The number of nitrogens with one attached hydrogen (secondary N) is 1. The molecule has 0 aliphatic rings. The Bertz CT molecular complexity index is 1050. The van der Waals surface area contributed by atoms with Gasteiger partial charge in [0.2, 0.25) is 5.95 Å². The predicted octanol–water partition coefficient (Wildman–Crippen LogP) is 4.78. The summed E-state index contributed by atoms with van der Waals surface area (Å²) in [4.78, 5) is 13.0. The smallest absolute Gasteiger partial charge is 0.221 e. The SMILES string of the molecule is Nc1ncc(-c2ccc(Br)cc2)c(Nc2cnc3ccccc3c2)n1. The molecule has 0 atom stereocenters. The molecule has 0 fully saturated rings. The minimum Gasteiger partial charge on any atom is -0.368 e. The number of aromatic nitrogens is 3. The molecule has 0 unspecified atom stereocenters. The normalized spacial score (nSPS) is 10.8. The van der Waals surface area contributed by atoms with E-state index in [0.29, 0.717) is 5.82 Å². The van der Waals surface area contributed by atoms with Crippen molar-refractivity contribution in [2.45, 2.75) is 0 Å². The van der Waals surface area contributed by atoms with Gasteiger partial charge in [-0.05, 0) is 29.8 Å². The van der Waals surface area contributed by atoms with Crippen LogP contribution < -0.4 is 11.1 Å². The maximum atomic E-state index is 5.79. The highest BCUT2D eigenvalue weighted by Crippen LogP contribution is 2.30. The largest absolute Gasteiger partial charge is 0.368 e. The minimum absolute atomic E-state index is 0.220. The fraction of sp³-hybridized carbons (Fsp3) is 0. The van der Waals surface area contributed by atoms with Gasteiger partial charge in [0.1, 0.15) is 5.82 Å². The van der Waals surface area contributed by atoms with Crippen LogP contribution in [0.5, 0.6) is 0 Å². The van der Waals surface area contributed by atoms with E-state index in [1.165, 1.54) is 0 Å². The van der Waals surface area contributed by atoms with Crippen LogP contribution in [-0.4, -0.2) is 15.0 Å². The van der Waals surface area contributed by atoms with E-state index in [-0.39, 0.29) is 5.95 Å². The molecule has 0 aliphatic heterocycles. The average Bonchev–Trinajstić information content (AvgIpc) is 2.63. The zero-order valence-corrected chi connectivity index (χ0v) is 14.7. The number of nitrogen functional groups attached to an aromatic ring is 1. The van der Waals surface area contributed by atoms with E-state index in [1.54, 1.807) is 12.4 Å². The van der Waals surface area contributed by atoms with E-state index in [0.717, 1.165) is 32.2 Å². The van der Waals surface area contributed by atoms with Gasteiger partial charge in [0.05, 0.1) is 17.4 Å². The quantitative estimate of drug-likeness (QED) is 0.525. The van der Waals surface area contributed by atoms with E-state index < -0.39 is 0 Å². The Kier molecular flexibility index (Phi) is 4.03. The van der Waals surface area contributed by atoms with E-state index in [4.69, 9.17) is 5.73 Å². The van der Waals surface area contributed by atoms with Crippen molar-refractivity contribution < 1.29 is 0 Å². The maximum Gasteiger partial charge on any atom is 0.221 e.